The van der Waals surface area contributed by atoms with Crippen molar-refractivity contribution in [3.63, 3.8) is 0 Å². The smallest absolute Gasteiger partial charge is 0.338 e. The summed E-state index contributed by atoms with van der Waals surface area (Å²) in [4.78, 5) is 23.8. The van der Waals surface area contributed by atoms with Crippen LogP contribution in [0.25, 0.3) is 11.0 Å². The molecule has 2 heterocycles. The molecule has 3 aromatic rings. The van der Waals surface area contributed by atoms with Crippen molar-refractivity contribution in [3.8, 4) is 0 Å². The molecule has 0 spiro atoms. The predicted molar refractivity (Wildman–Crippen MR) is 112 cm³/mol. The molecule has 0 aliphatic carbocycles. The minimum Gasteiger partial charge on any atom is -0.457 e. The molecule has 0 N–H and O–H groups in total. The van der Waals surface area contributed by atoms with Crippen molar-refractivity contribution in [1.82, 2.24) is 4.31 Å². The van der Waals surface area contributed by atoms with E-state index in [9.17, 15) is 22.4 Å². The molecule has 1 aromatic heterocycles. The van der Waals surface area contributed by atoms with Gasteiger partial charge in [0.2, 0.25) is 10.0 Å². The number of morpholine rings is 1. The first-order chi connectivity index (χ1) is 15.3. The quantitative estimate of drug-likeness (QED) is 0.425. The van der Waals surface area contributed by atoms with Crippen LogP contribution in [0.3, 0.4) is 0 Å². The van der Waals surface area contributed by atoms with E-state index in [0.717, 1.165) is 28.1 Å². The standard InChI is InChI=1S/C22H20FNO7S/c1-14-2-4-17-16(12-21(25)31-19(17)10-14)13-30-22(26)15-3-5-18(23)20(11-15)32(27,28)24-6-8-29-9-7-24/h2-5,10-12H,6-9,13H2,1H3. The maximum Gasteiger partial charge on any atom is 0.338 e. The highest BCUT2D eigenvalue weighted by molar-refractivity contribution is 7.89. The van der Waals surface area contributed by atoms with Crippen LogP contribution in [-0.2, 0) is 26.1 Å². The van der Waals surface area contributed by atoms with Crippen LogP contribution >= 0.6 is 0 Å². The molecule has 0 atom stereocenters. The molecule has 4 rings (SSSR count). The Balaban J connectivity index is 1.58. The Bertz CT molecular complexity index is 1340. The fourth-order valence-corrected chi connectivity index (χ4v) is 4.94. The number of rotatable bonds is 5. The molecule has 0 saturated carbocycles. The number of hydrogen-bond donors (Lipinski definition) is 0. The Hall–Kier alpha value is -3.08. The van der Waals surface area contributed by atoms with Crippen LogP contribution in [0.1, 0.15) is 21.5 Å². The largest absolute Gasteiger partial charge is 0.457 e. The molecule has 32 heavy (non-hydrogen) atoms. The highest BCUT2D eigenvalue weighted by atomic mass is 32.2. The van der Waals surface area contributed by atoms with Gasteiger partial charge in [0.25, 0.3) is 0 Å². The molecule has 0 unspecified atom stereocenters. The molecule has 0 radical (unpaired) electrons. The second-order valence-corrected chi connectivity index (χ2v) is 9.23. The maximum absolute atomic E-state index is 14.4. The van der Waals surface area contributed by atoms with Gasteiger partial charge in [0.1, 0.15) is 22.9 Å². The van der Waals surface area contributed by atoms with Crippen molar-refractivity contribution in [1.29, 1.82) is 0 Å². The normalized spacial score (nSPS) is 15.1. The lowest BCUT2D eigenvalue weighted by atomic mass is 10.1. The molecule has 0 amide bonds. The first-order valence-electron chi connectivity index (χ1n) is 9.84. The van der Waals surface area contributed by atoms with E-state index in [1.807, 2.05) is 13.0 Å². The number of benzene rings is 2. The van der Waals surface area contributed by atoms with Gasteiger partial charge in [-0.25, -0.2) is 22.4 Å². The number of nitrogens with zero attached hydrogens (tertiary/aromatic N) is 1. The summed E-state index contributed by atoms with van der Waals surface area (Å²) in [5.41, 5.74) is 0.989. The third kappa shape index (κ3) is 4.43. The van der Waals surface area contributed by atoms with Gasteiger partial charge in [0.15, 0.2) is 0 Å². The molecular weight excluding hydrogens is 441 g/mol. The fourth-order valence-electron chi connectivity index (χ4n) is 3.44. The van der Waals surface area contributed by atoms with Gasteiger partial charge in [-0.15, -0.1) is 0 Å². The molecule has 10 heteroatoms. The maximum atomic E-state index is 14.4. The Labute approximate surface area is 183 Å². The van der Waals surface area contributed by atoms with Crippen molar-refractivity contribution >= 4 is 27.0 Å². The first-order valence-corrected chi connectivity index (χ1v) is 11.3. The van der Waals surface area contributed by atoms with Gasteiger partial charge in [-0.05, 0) is 36.8 Å². The number of carbonyl (C=O) groups excluding carboxylic acids is 1. The third-order valence-electron chi connectivity index (χ3n) is 5.10. The predicted octanol–water partition coefficient (Wildman–Crippen LogP) is 2.62. The van der Waals surface area contributed by atoms with Crippen LogP contribution in [0, 0.1) is 12.7 Å². The summed E-state index contributed by atoms with van der Waals surface area (Å²) < 4.78 is 56.7. The van der Waals surface area contributed by atoms with Gasteiger partial charge in [-0.2, -0.15) is 4.31 Å². The van der Waals surface area contributed by atoms with Gasteiger partial charge in [0.05, 0.1) is 18.8 Å². The number of hydrogen-bond acceptors (Lipinski definition) is 7. The lowest BCUT2D eigenvalue weighted by Gasteiger charge is -2.26. The van der Waals surface area contributed by atoms with Crippen molar-refractivity contribution in [2.45, 2.75) is 18.4 Å². The molecule has 1 fully saturated rings. The van der Waals surface area contributed by atoms with Gasteiger partial charge in [-0.1, -0.05) is 12.1 Å². The number of aryl methyl sites for hydroxylation is 1. The van der Waals surface area contributed by atoms with Crippen LogP contribution in [0.4, 0.5) is 4.39 Å². The van der Waals surface area contributed by atoms with Gasteiger partial charge < -0.3 is 13.9 Å². The monoisotopic (exact) mass is 461 g/mol. The zero-order chi connectivity index (χ0) is 22.9. The number of fused-ring (bicyclic) bond motifs is 1. The lowest BCUT2D eigenvalue weighted by Crippen LogP contribution is -2.41. The van der Waals surface area contributed by atoms with Crippen molar-refractivity contribution in [2.75, 3.05) is 26.3 Å². The zero-order valence-electron chi connectivity index (χ0n) is 17.2. The van der Waals surface area contributed by atoms with E-state index in [0.29, 0.717) is 16.5 Å². The minimum atomic E-state index is -4.14. The topological polar surface area (TPSA) is 103 Å². The lowest BCUT2D eigenvalue weighted by molar-refractivity contribution is 0.0473. The zero-order valence-corrected chi connectivity index (χ0v) is 18.0. The molecule has 8 nitrogen and oxygen atoms in total. The van der Waals surface area contributed by atoms with Crippen LogP contribution in [-0.4, -0.2) is 45.0 Å². The molecule has 0 bridgehead atoms. The molecule has 1 aliphatic rings. The molecule has 168 valence electrons. The number of carbonyl (C=O) groups is 1. The summed E-state index contributed by atoms with van der Waals surface area (Å²) in [6.45, 7) is 2.22. The summed E-state index contributed by atoms with van der Waals surface area (Å²) >= 11 is 0. The SMILES string of the molecule is Cc1ccc2c(COC(=O)c3ccc(F)c(S(=O)(=O)N4CCOCC4)c3)cc(=O)oc2c1. The Morgan fingerprint density at radius 3 is 2.62 bits per heavy atom. The van der Waals surface area contributed by atoms with Gasteiger partial charge in [0, 0.05) is 30.1 Å². The van der Waals surface area contributed by atoms with E-state index < -0.39 is 32.3 Å². The minimum absolute atomic E-state index is 0.0968. The summed E-state index contributed by atoms with van der Waals surface area (Å²) in [5, 5.41) is 0.609. The van der Waals surface area contributed by atoms with Crippen LogP contribution in [0.5, 0.6) is 0 Å². The summed E-state index contributed by atoms with van der Waals surface area (Å²) in [7, 11) is -4.14. The second-order valence-electron chi connectivity index (χ2n) is 7.33. The van der Waals surface area contributed by atoms with Crippen molar-refractivity contribution in [2.24, 2.45) is 0 Å². The van der Waals surface area contributed by atoms with Crippen molar-refractivity contribution < 1.29 is 31.5 Å². The molecule has 2 aromatic carbocycles. The summed E-state index contributed by atoms with van der Waals surface area (Å²) in [6.07, 6.45) is 0. The Morgan fingerprint density at radius 2 is 1.88 bits per heavy atom. The van der Waals surface area contributed by atoms with E-state index in [2.05, 4.69) is 0 Å². The second kappa shape index (κ2) is 8.81. The summed E-state index contributed by atoms with van der Waals surface area (Å²) in [5.74, 6) is -1.81. The van der Waals surface area contributed by atoms with E-state index in [4.69, 9.17) is 13.9 Å². The third-order valence-corrected chi connectivity index (χ3v) is 7.01. The van der Waals surface area contributed by atoms with E-state index in [1.54, 1.807) is 12.1 Å². The van der Waals surface area contributed by atoms with E-state index >= 15 is 0 Å². The average molecular weight is 461 g/mol. The highest BCUT2D eigenvalue weighted by Crippen LogP contribution is 2.23. The summed E-state index contributed by atoms with van der Waals surface area (Å²) in [6, 6.07) is 9.53. The fraction of sp³-hybridized carbons (Fsp3) is 0.273. The Morgan fingerprint density at radius 1 is 1.12 bits per heavy atom. The van der Waals surface area contributed by atoms with E-state index in [1.165, 1.54) is 6.07 Å². The van der Waals surface area contributed by atoms with Gasteiger partial charge in [-0.3, -0.25) is 0 Å². The van der Waals surface area contributed by atoms with Crippen LogP contribution in [0.2, 0.25) is 0 Å². The van der Waals surface area contributed by atoms with Crippen LogP contribution < -0.4 is 5.63 Å². The molecule has 1 aliphatic heterocycles. The first kappa shape index (κ1) is 22.1. The van der Waals surface area contributed by atoms with Crippen molar-refractivity contribution in [3.05, 3.63) is 75.4 Å². The number of esters is 1. The average Bonchev–Trinajstić information content (AvgIpc) is 2.77. The van der Waals surface area contributed by atoms with E-state index in [-0.39, 0.29) is 38.5 Å². The molecule has 1 saturated heterocycles. The number of ether oxygens (including phenoxy) is 2. The number of halogens is 1. The van der Waals surface area contributed by atoms with Gasteiger partial charge >= 0.3 is 11.6 Å². The highest BCUT2D eigenvalue weighted by Gasteiger charge is 2.30. The van der Waals surface area contributed by atoms with Crippen LogP contribution in [0.15, 0.2) is 56.6 Å². The Kier molecular flexibility index (Phi) is 6.09. The number of sulfonamides is 1. The molecular formula is C22H20FNO7S.